The van der Waals surface area contributed by atoms with Crippen LogP contribution in [0.5, 0.6) is 0 Å². The average molecular weight is 380 g/mol. The number of carbonyl (C=O) groups excluding carboxylic acids is 1. The SMILES string of the molecule is Cc1cc(CN2CCN(C(=O)Cc3nc(-c4ccccc4)oc3C)CC2)on1. The molecule has 4 rings (SSSR count). The van der Waals surface area contributed by atoms with E-state index in [0.717, 1.165) is 36.7 Å². The van der Waals surface area contributed by atoms with E-state index in [9.17, 15) is 4.79 Å². The van der Waals surface area contributed by atoms with Gasteiger partial charge in [0.1, 0.15) is 5.76 Å². The summed E-state index contributed by atoms with van der Waals surface area (Å²) in [4.78, 5) is 21.5. The first-order chi connectivity index (χ1) is 13.6. The van der Waals surface area contributed by atoms with Crippen molar-refractivity contribution in [3.05, 3.63) is 59.3 Å². The molecule has 7 nitrogen and oxygen atoms in total. The van der Waals surface area contributed by atoms with Crippen LogP contribution in [0.1, 0.15) is 22.9 Å². The molecule has 0 unspecified atom stereocenters. The third kappa shape index (κ3) is 4.14. The summed E-state index contributed by atoms with van der Waals surface area (Å²) < 4.78 is 11.0. The molecule has 1 fully saturated rings. The fourth-order valence-electron chi connectivity index (χ4n) is 3.42. The van der Waals surface area contributed by atoms with Crippen molar-refractivity contribution in [2.24, 2.45) is 0 Å². The highest BCUT2D eigenvalue weighted by Gasteiger charge is 2.24. The Kier molecular flexibility index (Phi) is 5.25. The molecule has 0 radical (unpaired) electrons. The van der Waals surface area contributed by atoms with Gasteiger partial charge in [0.05, 0.1) is 24.4 Å². The summed E-state index contributed by atoms with van der Waals surface area (Å²) in [6, 6.07) is 11.7. The quantitative estimate of drug-likeness (QED) is 0.678. The molecule has 0 atom stereocenters. The van der Waals surface area contributed by atoms with Crippen molar-refractivity contribution < 1.29 is 13.7 Å². The van der Waals surface area contributed by atoms with Gasteiger partial charge in [-0.1, -0.05) is 23.4 Å². The van der Waals surface area contributed by atoms with E-state index in [-0.39, 0.29) is 12.3 Å². The summed E-state index contributed by atoms with van der Waals surface area (Å²) in [6.45, 7) is 7.55. The number of benzene rings is 1. The predicted molar refractivity (Wildman–Crippen MR) is 103 cm³/mol. The number of rotatable bonds is 5. The maximum atomic E-state index is 12.7. The third-order valence-corrected chi connectivity index (χ3v) is 5.01. The summed E-state index contributed by atoms with van der Waals surface area (Å²) in [5.41, 5.74) is 2.52. The van der Waals surface area contributed by atoms with E-state index in [1.165, 1.54) is 0 Å². The van der Waals surface area contributed by atoms with Gasteiger partial charge in [0.25, 0.3) is 0 Å². The smallest absolute Gasteiger partial charge is 0.228 e. The summed E-state index contributed by atoms with van der Waals surface area (Å²) in [5, 5.41) is 3.92. The first-order valence-corrected chi connectivity index (χ1v) is 9.52. The van der Waals surface area contributed by atoms with Gasteiger partial charge in [-0.3, -0.25) is 9.69 Å². The Balaban J connectivity index is 1.33. The number of aryl methyl sites for hydroxylation is 2. The molecule has 1 saturated heterocycles. The molecule has 7 heteroatoms. The number of oxazole rings is 1. The zero-order valence-electron chi connectivity index (χ0n) is 16.2. The Hall–Kier alpha value is -2.93. The van der Waals surface area contributed by atoms with Gasteiger partial charge in [0, 0.05) is 37.8 Å². The van der Waals surface area contributed by atoms with E-state index in [2.05, 4.69) is 15.0 Å². The van der Waals surface area contributed by atoms with Crippen LogP contribution in [0.15, 0.2) is 45.3 Å². The fraction of sp³-hybridized carbons (Fsp3) is 0.381. The second kappa shape index (κ2) is 7.98. The van der Waals surface area contributed by atoms with E-state index >= 15 is 0 Å². The average Bonchev–Trinajstić information content (AvgIpc) is 3.28. The Labute approximate surface area is 163 Å². The molecule has 146 valence electrons. The van der Waals surface area contributed by atoms with Gasteiger partial charge in [-0.15, -0.1) is 0 Å². The minimum Gasteiger partial charge on any atom is -0.441 e. The van der Waals surface area contributed by atoms with Gasteiger partial charge in [-0.2, -0.15) is 0 Å². The van der Waals surface area contributed by atoms with Crippen LogP contribution >= 0.6 is 0 Å². The molecule has 0 spiro atoms. The Morgan fingerprint density at radius 3 is 2.54 bits per heavy atom. The summed E-state index contributed by atoms with van der Waals surface area (Å²) >= 11 is 0. The van der Waals surface area contributed by atoms with Crippen LogP contribution in [0.4, 0.5) is 0 Å². The first-order valence-electron chi connectivity index (χ1n) is 9.52. The topological polar surface area (TPSA) is 75.6 Å². The van der Waals surface area contributed by atoms with Crippen LogP contribution in [0.3, 0.4) is 0 Å². The number of carbonyl (C=O) groups is 1. The largest absolute Gasteiger partial charge is 0.441 e. The number of hydrogen-bond acceptors (Lipinski definition) is 6. The molecule has 0 N–H and O–H groups in total. The second-order valence-electron chi connectivity index (χ2n) is 7.16. The first kappa shape index (κ1) is 18.4. The third-order valence-electron chi connectivity index (χ3n) is 5.01. The molecule has 1 aliphatic heterocycles. The van der Waals surface area contributed by atoms with Crippen molar-refractivity contribution in [2.45, 2.75) is 26.8 Å². The molecule has 2 aromatic heterocycles. The molecule has 0 saturated carbocycles. The molecule has 1 aliphatic rings. The van der Waals surface area contributed by atoms with E-state index in [4.69, 9.17) is 8.94 Å². The lowest BCUT2D eigenvalue weighted by Crippen LogP contribution is -2.48. The number of hydrogen-bond donors (Lipinski definition) is 0. The monoisotopic (exact) mass is 380 g/mol. The van der Waals surface area contributed by atoms with E-state index in [0.29, 0.717) is 30.4 Å². The Morgan fingerprint density at radius 1 is 1.11 bits per heavy atom. The number of aromatic nitrogens is 2. The zero-order valence-corrected chi connectivity index (χ0v) is 16.2. The van der Waals surface area contributed by atoms with E-state index in [1.807, 2.05) is 55.1 Å². The molecular weight excluding hydrogens is 356 g/mol. The standard InChI is InChI=1S/C21H24N4O3/c1-15-12-18(28-23-15)14-24-8-10-25(11-9-24)20(26)13-19-16(2)27-21(22-19)17-6-4-3-5-7-17/h3-7,12H,8-11,13-14H2,1-2H3. The molecule has 1 aromatic carbocycles. The Morgan fingerprint density at radius 2 is 1.86 bits per heavy atom. The lowest BCUT2D eigenvalue weighted by molar-refractivity contribution is -0.132. The van der Waals surface area contributed by atoms with Crippen LogP contribution in [0, 0.1) is 13.8 Å². The molecule has 3 heterocycles. The maximum Gasteiger partial charge on any atom is 0.228 e. The van der Waals surface area contributed by atoms with E-state index < -0.39 is 0 Å². The van der Waals surface area contributed by atoms with Crippen LogP contribution in [-0.2, 0) is 17.8 Å². The normalized spacial score (nSPS) is 15.1. The van der Waals surface area contributed by atoms with Gasteiger partial charge < -0.3 is 13.8 Å². The van der Waals surface area contributed by atoms with Crippen molar-refractivity contribution >= 4 is 5.91 Å². The molecular formula is C21H24N4O3. The van der Waals surface area contributed by atoms with Gasteiger partial charge in [-0.25, -0.2) is 4.98 Å². The summed E-state index contributed by atoms with van der Waals surface area (Å²) in [5.74, 6) is 2.22. The molecule has 28 heavy (non-hydrogen) atoms. The minimum atomic E-state index is 0.0890. The fourth-order valence-corrected chi connectivity index (χ4v) is 3.42. The van der Waals surface area contributed by atoms with Crippen LogP contribution in [0.2, 0.25) is 0 Å². The highest BCUT2D eigenvalue weighted by Crippen LogP contribution is 2.22. The van der Waals surface area contributed by atoms with Gasteiger partial charge in [-0.05, 0) is 26.0 Å². The van der Waals surface area contributed by atoms with Crippen molar-refractivity contribution in [3.63, 3.8) is 0 Å². The zero-order chi connectivity index (χ0) is 19.5. The van der Waals surface area contributed by atoms with Crippen molar-refractivity contribution in [1.29, 1.82) is 0 Å². The molecule has 3 aromatic rings. The Bertz CT molecular complexity index is 940. The van der Waals surface area contributed by atoms with Gasteiger partial charge >= 0.3 is 0 Å². The maximum absolute atomic E-state index is 12.7. The molecule has 0 bridgehead atoms. The second-order valence-corrected chi connectivity index (χ2v) is 7.16. The van der Waals surface area contributed by atoms with Crippen LogP contribution < -0.4 is 0 Å². The highest BCUT2D eigenvalue weighted by molar-refractivity contribution is 5.78. The number of amides is 1. The van der Waals surface area contributed by atoms with Gasteiger partial charge in [0.15, 0.2) is 5.76 Å². The van der Waals surface area contributed by atoms with Crippen LogP contribution in [0.25, 0.3) is 11.5 Å². The van der Waals surface area contributed by atoms with Crippen LogP contribution in [-0.4, -0.2) is 52.0 Å². The van der Waals surface area contributed by atoms with E-state index in [1.54, 1.807) is 0 Å². The minimum absolute atomic E-state index is 0.0890. The van der Waals surface area contributed by atoms with Crippen molar-refractivity contribution in [2.75, 3.05) is 26.2 Å². The lowest BCUT2D eigenvalue weighted by Gasteiger charge is -2.34. The predicted octanol–water partition coefficient (Wildman–Crippen LogP) is 2.83. The highest BCUT2D eigenvalue weighted by atomic mass is 16.5. The van der Waals surface area contributed by atoms with Gasteiger partial charge in [0.2, 0.25) is 11.8 Å². The molecule has 1 amide bonds. The summed E-state index contributed by atoms with van der Waals surface area (Å²) in [6.07, 6.45) is 0.267. The molecule has 0 aliphatic carbocycles. The lowest BCUT2D eigenvalue weighted by atomic mass is 10.2. The van der Waals surface area contributed by atoms with Crippen molar-refractivity contribution in [3.8, 4) is 11.5 Å². The number of piperazine rings is 1. The summed E-state index contributed by atoms with van der Waals surface area (Å²) in [7, 11) is 0. The van der Waals surface area contributed by atoms with Crippen molar-refractivity contribution in [1.82, 2.24) is 19.9 Å². The number of nitrogens with zero attached hydrogens (tertiary/aromatic N) is 4.